The molecule has 3 nitrogen and oxygen atoms in total. The standard InChI is InChI=1S/C4H3F3O3/c5-4(6,7)1-2(8)3(9)10/h1H2,(H,9,10). The van der Waals surface area contributed by atoms with Crippen LogP contribution in [0.5, 0.6) is 0 Å². The van der Waals surface area contributed by atoms with Crippen molar-refractivity contribution in [2.75, 3.05) is 0 Å². The Morgan fingerprint density at radius 3 is 1.80 bits per heavy atom. The third kappa shape index (κ3) is 3.88. The summed E-state index contributed by atoms with van der Waals surface area (Å²) in [7, 11) is 0. The van der Waals surface area contributed by atoms with Gasteiger partial charge in [0, 0.05) is 0 Å². The molecule has 0 unspecified atom stereocenters. The number of Topliss-reactive ketones (excluding diaryl/α,β-unsaturated/α-hetero) is 1. The molecule has 0 bridgehead atoms. The number of carbonyl (C=O) groups excluding carboxylic acids is 1. The van der Waals surface area contributed by atoms with Gasteiger partial charge in [-0.25, -0.2) is 4.79 Å². The summed E-state index contributed by atoms with van der Waals surface area (Å²) in [6, 6.07) is 0. The maximum absolute atomic E-state index is 11.2. The third-order valence-electron chi connectivity index (χ3n) is 0.600. The second kappa shape index (κ2) is 2.68. The average molecular weight is 156 g/mol. The molecule has 0 rings (SSSR count). The highest BCUT2D eigenvalue weighted by Gasteiger charge is 2.33. The van der Waals surface area contributed by atoms with Crippen LogP contribution >= 0.6 is 0 Å². The van der Waals surface area contributed by atoms with Crippen molar-refractivity contribution in [1.82, 2.24) is 0 Å². The van der Waals surface area contributed by atoms with Gasteiger partial charge in [-0.1, -0.05) is 0 Å². The van der Waals surface area contributed by atoms with E-state index in [1.807, 2.05) is 0 Å². The number of rotatable bonds is 2. The van der Waals surface area contributed by atoms with E-state index in [0.29, 0.717) is 0 Å². The van der Waals surface area contributed by atoms with Gasteiger partial charge in [0.05, 0.1) is 0 Å². The van der Waals surface area contributed by atoms with Gasteiger partial charge in [-0.15, -0.1) is 0 Å². The first kappa shape index (κ1) is 8.93. The van der Waals surface area contributed by atoms with E-state index in [1.54, 1.807) is 0 Å². The van der Waals surface area contributed by atoms with Crippen LogP contribution < -0.4 is 0 Å². The number of hydrogen-bond donors (Lipinski definition) is 1. The number of halogens is 3. The number of aliphatic carboxylic acids is 1. The van der Waals surface area contributed by atoms with E-state index in [4.69, 9.17) is 5.11 Å². The molecule has 58 valence electrons. The van der Waals surface area contributed by atoms with E-state index in [0.717, 1.165) is 0 Å². The fourth-order valence-electron chi connectivity index (χ4n) is 0.258. The zero-order valence-corrected chi connectivity index (χ0v) is 4.60. The lowest BCUT2D eigenvalue weighted by molar-refractivity contribution is -0.164. The lowest BCUT2D eigenvalue weighted by Crippen LogP contribution is -2.21. The predicted molar refractivity (Wildman–Crippen MR) is 23.3 cm³/mol. The van der Waals surface area contributed by atoms with Gasteiger partial charge in [0.2, 0.25) is 5.78 Å². The quantitative estimate of drug-likeness (QED) is 0.595. The minimum absolute atomic E-state index is 1.84. The molecule has 0 radical (unpaired) electrons. The molecule has 0 aromatic rings. The highest BCUT2D eigenvalue weighted by atomic mass is 19.4. The summed E-state index contributed by atoms with van der Waals surface area (Å²) in [5, 5.41) is 7.70. The fraction of sp³-hybridized carbons (Fsp3) is 0.500. The first-order valence-electron chi connectivity index (χ1n) is 2.16. The molecule has 0 aliphatic carbocycles. The second-order valence-corrected chi connectivity index (χ2v) is 1.52. The Morgan fingerprint density at radius 2 is 1.70 bits per heavy atom. The number of carbonyl (C=O) groups is 2. The second-order valence-electron chi connectivity index (χ2n) is 1.52. The number of carboxylic acid groups (broad SMARTS) is 1. The Kier molecular flexibility index (Phi) is 2.39. The van der Waals surface area contributed by atoms with Crippen molar-refractivity contribution in [3.05, 3.63) is 0 Å². The molecule has 0 saturated carbocycles. The van der Waals surface area contributed by atoms with Gasteiger partial charge in [-0.05, 0) is 0 Å². The Bertz CT molecular complexity index is 160. The lowest BCUT2D eigenvalue weighted by Gasteiger charge is -2.00. The summed E-state index contributed by atoms with van der Waals surface area (Å²) >= 11 is 0. The van der Waals surface area contributed by atoms with E-state index in [2.05, 4.69) is 0 Å². The summed E-state index contributed by atoms with van der Waals surface area (Å²) in [6.45, 7) is 0. The molecule has 0 heterocycles. The maximum atomic E-state index is 11.2. The van der Waals surface area contributed by atoms with Gasteiger partial charge in [0.25, 0.3) is 0 Å². The van der Waals surface area contributed by atoms with E-state index >= 15 is 0 Å². The van der Waals surface area contributed by atoms with Gasteiger partial charge in [0.15, 0.2) is 0 Å². The normalized spacial score (nSPS) is 11.1. The Balaban J connectivity index is 3.93. The topological polar surface area (TPSA) is 54.4 Å². The van der Waals surface area contributed by atoms with Crippen molar-refractivity contribution in [1.29, 1.82) is 0 Å². The minimum Gasteiger partial charge on any atom is -0.475 e. The van der Waals surface area contributed by atoms with Crippen molar-refractivity contribution in [3.8, 4) is 0 Å². The van der Waals surface area contributed by atoms with Crippen LogP contribution in [0.3, 0.4) is 0 Å². The molecular weight excluding hydrogens is 153 g/mol. The predicted octanol–water partition coefficient (Wildman–Crippen LogP) is 0.592. The molecule has 0 aliphatic rings. The van der Waals surface area contributed by atoms with Crippen LogP contribution in [0.2, 0.25) is 0 Å². The van der Waals surface area contributed by atoms with Crippen molar-refractivity contribution in [2.45, 2.75) is 12.6 Å². The van der Waals surface area contributed by atoms with E-state index in [9.17, 15) is 22.8 Å². The minimum atomic E-state index is -4.73. The highest BCUT2D eigenvalue weighted by Crippen LogP contribution is 2.19. The molecule has 0 saturated heterocycles. The van der Waals surface area contributed by atoms with Gasteiger partial charge in [-0.2, -0.15) is 13.2 Å². The smallest absolute Gasteiger partial charge is 0.396 e. The molecule has 0 aliphatic heterocycles. The van der Waals surface area contributed by atoms with Crippen molar-refractivity contribution in [3.63, 3.8) is 0 Å². The first-order valence-corrected chi connectivity index (χ1v) is 2.16. The maximum Gasteiger partial charge on any atom is 0.396 e. The summed E-state index contributed by atoms with van der Waals surface area (Å²) in [6.07, 6.45) is -6.63. The zero-order valence-electron chi connectivity index (χ0n) is 4.60. The molecule has 0 spiro atoms. The Morgan fingerprint density at radius 1 is 1.30 bits per heavy atom. The van der Waals surface area contributed by atoms with E-state index < -0.39 is 24.3 Å². The molecule has 0 aromatic carbocycles. The molecule has 0 atom stereocenters. The van der Waals surface area contributed by atoms with Crippen LogP contribution in [-0.4, -0.2) is 23.0 Å². The van der Waals surface area contributed by atoms with Crippen molar-refractivity contribution < 1.29 is 27.9 Å². The summed E-state index contributed by atoms with van der Waals surface area (Å²) < 4.78 is 33.5. The molecule has 10 heavy (non-hydrogen) atoms. The first-order chi connectivity index (χ1) is 4.33. The van der Waals surface area contributed by atoms with Gasteiger partial charge < -0.3 is 5.11 Å². The van der Waals surface area contributed by atoms with Crippen LogP contribution in [0.4, 0.5) is 13.2 Å². The monoisotopic (exact) mass is 156 g/mol. The lowest BCUT2D eigenvalue weighted by atomic mass is 10.3. The third-order valence-corrected chi connectivity index (χ3v) is 0.600. The molecule has 0 fully saturated rings. The van der Waals surface area contributed by atoms with E-state index in [1.165, 1.54) is 0 Å². The van der Waals surface area contributed by atoms with Crippen molar-refractivity contribution >= 4 is 11.8 Å². The van der Waals surface area contributed by atoms with Crippen molar-refractivity contribution in [2.24, 2.45) is 0 Å². The highest BCUT2D eigenvalue weighted by molar-refractivity contribution is 6.32. The van der Waals surface area contributed by atoms with E-state index in [-0.39, 0.29) is 0 Å². The van der Waals surface area contributed by atoms with Crippen LogP contribution in [0.25, 0.3) is 0 Å². The van der Waals surface area contributed by atoms with Crippen LogP contribution in [-0.2, 0) is 9.59 Å². The largest absolute Gasteiger partial charge is 0.475 e. The summed E-state index contributed by atoms with van der Waals surface area (Å²) in [4.78, 5) is 19.4. The number of ketones is 1. The SMILES string of the molecule is O=C(O)C(=O)CC(F)(F)F. The van der Waals surface area contributed by atoms with Crippen LogP contribution in [0.1, 0.15) is 6.42 Å². The molecule has 6 heteroatoms. The zero-order chi connectivity index (χ0) is 8.36. The average Bonchev–Trinajstić information content (AvgIpc) is 1.60. The number of alkyl halides is 3. The number of hydrogen-bond acceptors (Lipinski definition) is 2. The Hall–Kier alpha value is -1.07. The van der Waals surface area contributed by atoms with Crippen LogP contribution in [0.15, 0.2) is 0 Å². The van der Waals surface area contributed by atoms with Gasteiger partial charge in [-0.3, -0.25) is 4.79 Å². The fourth-order valence-corrected chi connectivity index (χ4v) is 0.258. The molecule has 1 N–H and O–H groups in total. The Labute approximate surface area is 53.4 Å². The van der Waals surface area contributed by atoms with Gasteiger partial charge in [0.1, 0.15) is 6.42 Å². The molecular formula is C4H3F3O3. The molecule has 0 aromatic heterocycles. The van der Waals surface area contributed by atoms with Gasteiger partial charge >= 0.3 is 12.1 Å². The van der Waals surface area contributed by atoms with Crippen LogP contribution in [0, 0.1) is 0 Å². The molecule has 0 amide bonds. The summed E-state index contributed by atoms with van der Waals surface area (Å²) in [5.41, 5.74) is 0. The summed E-state index contributed by atoms with van der Waals surface area (Å²) in [5.74, 6) is -3.90. The number of carboxylic acids is 1.